The number of rotatable bonds is 4. The van der Waals surface area contributed by atoms with Crippen LogP contribution in [0.5, 0.6) is 0 Å². The largest absolute Gasteiger partial charge is 0.478 e. The average Bonchev–Trinajstić information content (AvgIpc) is 3.20. The molecule has 0 saturated carbocycles. The van der Waals surface area contributed by atoms with Gasteiger partial charge in [-0.3, -0.25) is 19.8 Å². The fourth-order valence-electron chi connectivity index (χ4n) is 2.99. The topological polar surface area (TPSA) is 99.9 Å². The molecule has 1 saturated heterocycles. The lowest BCUT2D eigenvalue weighted by atomic mass is 10.1. The molecule has 1 aliphatic heterocycles. The van der Waals surface area contributed by atoms with Crippen molar-refractivity contribution in [2.45, 2.75) is 0 Å². The molecule has 4 rings (SSSR count). The smallest absolute Gasteiger partial charge is 0.335 e. The van der Waals surface area contributed by atoms with Crippen molar-refractivity contribution in [2.24, 2.45) is 0 Å². The van der Waals surface area contributed by atoms with Gasteiger partial charge >= 0.3 is 5.97 Å². The number of nitrogens with zero attached hydrogens (tertiary/aromatic N) is 1. The van der Waals surface area contributed by atoms with Gasteiger partial charge in [-0.2, -0.15) is 0 Å². The van der Waals surface area contributed by atoms with Crippen molar-refractivity contribution in [3.63, 3.8) is 0 Å². The highest BCUT2D eigenvalue weighted by atomic mass is 32.1. The molecule has 1 aliphatic rings. The highest BCUT2D eigenvalue weighted by molar-refractivity contribution is 7.80. The van der Waals surface area contributed by atoms with E-state index in [0.717, 1.165) is 4.90 Å². The van der Waals surface area contributed by atoms with Gasteiger partial charge < -0.3 is 9.52 Å². The fraction of sp³-hybridized carbons (Fsp3) is 0. The third kappa shape index (κ3) is 3.99. The van der Waals surface area contributed by atoms with E-state index in [2.05, 4.69) is 5.32 Å². The summed E-state index contributed by atoms with van der Waals surface area (Å²) in [5.41, 5.74) is 0.767. The third-order valence-electron chi connectivity index (χ3n) is 4.52. The van der Waals surface area contributed by atoms with Crippen LogP contribution in [0.4, 0.5) is 10.1 Å². The van der Waals surface area contributed by atoms with Crippen LogP contribution in [0.25, 0.3) is 17.4 Å². The van der Waals surface area contributed by atoms with Crippen molar-refractivity contribution >= 4 is 46.9 Å². The number of thiocarbonyl (C=S) groups is 1. The van der Waals surface area contributed by atoms with Crippen LogP contribution in [0.2, 0.25) is 0 Å². The Labute approximate surface area is 180 Å². The number of hydrogen-bond acceptors (Lipinski definition) is 5. The van der Waals surface area contributed by atoms with E-state index in [0.29, 0.717) is 17.0 Å². The molecule has 7 nitrogen and oxygen atoms in total. The van der Waals surface area contributed by atoms with E-state index in [1.165, 1.54) is 42.5 Å². The minimum Gasteiger partial charge on any atom is -0.478 e. The average molecular weight is 436 g/mol. The van der Waals surface area contributed by atoms with Crippen molar-refractivity contribution < 1.29 is 28.3 Å². The van der Waals surface area contributed by atoms with Gasteiger partial charge in [0, 0.05) is 5.56 Å². The Morgan fingerprint density at radius 1 is 1.03 bits per heavy atom. The molecule has 9 heteroatoms. The molecule has 154 valence electrons. The first-order valence-corrected chi connectivity index (χ1v) is 9.35. The molecule has 0 radical (unpaired) electrons. The zero-order chi connectivity index (χ0) is 22.1. The fourth-order valence-corrected chi connectivity index (χ4v) is 3.27. The van der Waals surface area contributed by atoms with Crippen molar-refractivity contribution in [3.05, 3.63) is 83.4 Å². The van der Waals surface area contributed by atoms with Gasteiger partial charge in [0.05, 0.1) is 11.3 Å². The summed E-state index contributed by atoms with van der Waals surface area (Å²) < 4.78 is 18.8. The number of hydrogen-bond donors (Lipinski definition) is 2. The highest BCUT2D eigenvalue weighted by Gasteiger charge is 2.34. The van der Waals surface area contributed by atoms with E-state index < -0.39 is 17.8 Å². The Hall–Kier alpha value is -4.11. The summed E-state index contributed by atoms with van der Waals surface area (Å²) in [5, 5.41) is 11.3. The maximum atomic E-state index is 13.1. The molecule has 0 spiro atoms. The maximum Gasteiger partial charge on any atom is 0.335 e. The van der Waals surface area contributed by atoms with Gasteiger partial charge in [0.2, 0.25) is 0 Å². The number of benzene rings is 2. The van der Waals surface area contributed by atoms with Gasteiger partial charge in [0.1, 0.15) is 22.9 Å². The van der Waals surface area contributed by atoms with Gasteiger partial charge in [-0.05, 0) is 79.0 Å². The second kappa shape index (κ2) is 7.96. The van der Waals surface area contributed by atoms with Crippen LogP contribution in [0, 0.1) is 5.82 Å². The Kier molecular flexibility index (Phi) is 5.18. The second-order valence-corrected chi connectivity index (χ2v) is 6.91. The van der Waals surface area contributed by atoms with Crippen molar-refractivity contribution in [3.8, 4) is 11.3 Å². The van der Waals surface area contributed by atoms with Crippen LogP contribution in [-0.4, -0.2) is 28.0 Å². The minimum atomic E-state index is -1.11. The van der Waals surface area contributed by atoms with Crippen LogP contribution in [0.15, 0.2) is 70.7 Å². The molecular weight excluding hydrogens is 423 g/mol. The highest BCUT2D eigenvalue weighted by Crippen LogP contribution is 2.26. The van der Waals surface area contributed by atoms with Gasteiger partial charge in [-0.1, -0.05) is 0 Å². The van der Waals surface area contributed by atoms with E-state index in [4.69, 9.17) is 21.7 Å². The number of amides is 2. The molecule has 0 atom stereocenters. The first-order chi connectivity index (χ1) is 14.8. The van der Waals surface area contributed by atoms with Gasteiger partial charge in [0.15, 0.2) is 5.11 Å². The Balaban J connectivity index is 1.65. The Morgan fingerprint density at radius 3 is 2.35 bits per heavy atom. The number of anilines is 1. The zero-order valence-corrected chi connectivity index (χ0v) is 16.5. The molecule has 1 aromatic heterocycles. The summed E-state index contributed by atoms with van der Waals surface area (Å²) in [6.45, 7) is 0. The SMILES string of the molecule is O=C1NC(=S)N(c2ccc(C(=O)O)cc2)C(=O)/C1=C/c1ccc(-c2ccc(F)cc2)o1. The van der Waals surface area contributed by atoms with Crippen molar-refractivity contribution in [2.75, 3.05) is 4.90 Å². The standard InChI is InChI=1S/C22H13FN2O5S/c23-14-5-1-12(2-6-14)18-10-9-16(30-18)11-17-19(26)24-22(31)25(20(17)27)15-7-3-13(4-8-15)21(28)29/h1-11H,(H,28,29)(H,24,26,31)/b17-11+. The predicted octanol–water partition coefficient (Wildman–Crippen LogP) is 3.62. The monoisotopic (exact) mass is 436 g/mol. The number of aromatic carboxylic acids is 1. The quantitative estimate of drug-likeness (QED) is 0.368. The Morgan fingerprint density at radius 2 is 1.71 bits per heavy atom. The zero-order valence-electron chi connectivity index (χ0n) is 15.7. The molecule has 2 heterocycles. The molecule has 2 N–H and O–H groups in total. The first kappa shape index (κ1) is 20.2. The molecule has 1 fully saturated rings. The van der Waals surface area contributed by atoms with Crippen LogP contribution < -0.4 is 10.2 Å². The minimum absolute atomic E-state index is 0.0443. The molecular formula is C22H13FN2O5S. The lowest BCUT2D eigenvalue weighted by molar-refractivity contribution is -0.122. The summed E-state index contributed by atoms with van der Waals surface area (Å²) in [6, 6.07) is 14.4. The van der Waals surface area contributed by atoms with Crippen LogP contribution in [0.1, 0.15) is 16.1 Å². The van der Waals surface area contributed by atoms with E-state index in [1.54, 1.807) is 24.3 Å². The van der Waals surface area contributed by atoms with E-state index in [-0.39, 0.29) is 27.8 Å². The Bertz CT molecular complexity index is 1250. The summed E-state index contributed by atoms with van der Waals surface area (Å²) in [4.78, 5) is 37.5. The molecule has 3 aromatic rings. The second-order valence-electron chi connectivity index (χ2n) is 6.52. The number of carboxylic acids is 1. The van der Waals surface area contributed by atoms with E-state index >= 15 is 0 Å². The summed E-state index contributed by atoms with van der Waals surface area (Å²) in [6.07, 6.45) is 1.28. The van der Waals surface area contributed by atoms with Gasteiger partial charge in [-0.15, -0.1) is 0 Å². The predicted molar refractivity (Wildman–Crippen MR) is 114 cm³/mol. The number of furan rings is 1. The molecule has 0 unspecified atom stereocenters. The van der Waals surface area contributed by atoms with Crippen LogP contribution >= 0.6 is 12.2 Å². The van der Waals surface area contributed by atoms with Gasteiger partial charge in [0.25, 0.3) is 11.8 Å². The first-order valence-electron chi connectivity index (χ1n) is 8.94. The van der Waals surface area contributed by atoms with Crippen molar-refractivity contribution in [1.82, 2.24) is 5.32 Å². The number of carbonyl (C=O) groups is 3. The third-order valence-corrected chi connectivity index (χ3v) is 4.80. The van der Waals surface area contributed by atoms with Gasteiger partial charge in [-0.25, -0.2) is 9.18 Å². The number of carbonyl (C=O) groups excluding carboxylic acids is 2. The van der Waals surface area contributed by atoms with Crippen LogP contribution in [0.3, 0.4) is 0 Å². The molecule has 0 aliphatic carbocycles. The molecule has 2 amide bonds. The summed E-state index contributed by atoms with van der Waals surface area (Å²) >= 11 is 5.12. The lowest BCUT2D eigenvalue weighted by Crippen LogP contribution is -2.54. The number of halogens is 1. The van der Waals surface area contributed by atoms with E-state index in [9.17, 15) is 18.8 Å². The van der Waals surface area contributed by atoms with E-state index in [1.807, 2.05) is 0 Å². The summed E-state index contributed by atoms with van der Waals surface area (Å²) in [7, 11) is 0. The maximum absolute atomic E-state index is 13.1. The lowest BCUT2D eigenvalue weighted by Gasteiger charge is -2.28. The summed E-state index contributed by atoms with van der Waals surface area (Å²) in [5.74, 6) is -2.18. The number of nitrogens with one attached hydrogen (secondary N) is 1. The molecule has 31 heavy (non-hydrogen) atoms. The molecule has 2 aromatic carbocycles. The number of carboxylic acid groups (broad SMARTS) is 1. The molecule has 0 bridgehead atoms. The van der Waals surface area contributed by atoms with Crippen LogP contribution in [-0.2, 0) is 9.59 Å². The van der Waals surface area contributed by atoms with Crippen molar-refractivity contribution in [1.29, 1.82) is 0 Å². The normalized spacial score (nSPS) is 15.3.